The van der Waals surface area contributed by atoms with Crippen LogP contribution in [0.25, 0.3) is 11.3 Å². The zero-order valence-corrected chi connectivity index (χ0v) is 24.6. The van der Waals surface area contributed by atoms with Gasteiger partial charge in [0.25, 0.3) is 5.91 Å². The summed E-state index contributed by atoms with van der Waals surface area (Å²) in [5.74, 6) is 0.603. The van der Waals surface area contributed by atoms with Crippen LogP contribution in [-0.4, -0.2) is 51.1 Å². The highest BCUT2D eigenvalue weighted by atomic mass is 19.1. The minimum Gasteiger partial charge on any atom is -0.491 e. The number of carbonyl (C=O) groups is 2. The van der Waals surface area contributed by atoms with Crippen molar-refractivity contribution in [3.63, 3.8) is 0 Å². The monoisotopic (exact) mass is 582 g/mol. The third-order valence-corrected chi connectivity index (χ3v) is 8.22. The Hall–Kier alpha value is -4.50. The van der Waals surface area contributed by atoms with Gasteiger partial charge >= 0.3 is 6.03 Å². The molecule has 43 heavy (non-hydrogen) atoms. The lowest BCUT2D eigenvalue weighted by Gasteiger charge is -2.45. The first-order chi connectivity index (χ1) is 20.7. The Bertz CT molecular complexity index is 1620. The van der Waals surface area contributed by atoms with Crippen LogP contribution < -0.4 is 9.64 Å². The molecule has 0 bridgehead atoms. The number of ether oxygens (including phenoxy) is 1. The Morgan fingerprint density at radius 1 is 1.00 bits per heavy atom. The summed E-state index contributed by atoms with van der Waals surface area (Å²) in [5, 5.41) is 4.15. The number of halogens is 1. The number of rotatable bonds is 8. The second-order valence-electron chi connectivity index (χ2n) is 11.7. The zero-order chi connectivity index (χ0) is 30.1. The van der Waals surface area contributed by atoms with Crippen LogP contribution in [0.15, 0.2) is 89.5 Å². The van der Waals surface area contributed by atoms with Crippen molar-refractivity contribution < 1.29 is 23.2 Å². The van der Waals surface area contributed by atoms with E-state index in [1.165, 1.54) is 21.9 Å². The van der Waals surface area contributed by atoms with Gasteiger partial charge in [-0.3, -0.25) is 19.5 Å². The summed E-state index contributed by atoms with van der Waals surface area (Å²) >= 11 is 0. The molecule has 0 N–H and O–H groups in total. The molecule has 0 aliphatic carbocycles. The predicted molar refractivity (Wildman–Crippen MR) is 161 cm³/mol. The second kappa shape index (κ2) is 11.6. The number of carbonyl (C=O) groups excluding carboxylic acids is 2. The maximum absolute atomic E-state index is 14.4. The van der Waals surface area contributed by atoms with Crippen LogP contribution in [0.3, 0.4) is 0 Å². The van der Waals surface area contributed by atoms with Crippen molar-refractivity contribution >= 4 is 17.6 Å². The number of nitrogens with zero attached hydrogens (tertiary/aromatic N) is 4. The Morgan fingerprint density at radius 3 is 2.53 bits per heavy atom. The van der Waals surface area contributed by atoms with Gasteiger partial charge in [0, 0.05) is 36.4 Å². The summed E-state index contributed by atoms with van der Waals surface area (Å²) in [7, 11) is 0. The molecule has 9 heteroatoms. The molecule has 222 valence electrons. The van der Waals surface area contributed by atoms with Crippen molar-refractivity contribution in [2.45, 2.75) is 64.4 Å². The third kappa shape index (κ3) is 5.64. The molecule has 1 spiro atoms. The largest absolute Gasteiger partial charge is 0.491 e. The molecular formula is C34H35FN4O4. The van der Waals surface area contributed by atoms with Crippen LogP contribution >= 0.6 is 0 Å². The van der Waals surface area contributed by atoms with Gasteiger partial charge in [0.1, 0.15) is 22.8 Å². The van der Waals surface area contributed by atoms with E-state index in [-0.39, 0.29) is 24.6 Å². The van der Waals surface area contributed by atoms with Crippen molar-refractivity contribution in [1.29, 1.82) is 0 Å². The predicted octanol–water partition coefficient (Wildman–Crippen LogP) is 6.66. The number of anilines is 1. The fourth-order valence-corrected chi connectivity index (χ4v) is 6.26. The van der Waals surface area contributed by atoms with Gasteiger partial charge in [-0.05, 0) is 69.5 Å². The number of hydrogen-bond donors (Lipinski definition) is 0. The van der Waals surface area contributed by atoms with Gasteiger partial charge in [0.2, 0.25) is 0 Å². The maximum atomic E-state index is 14.4. The average Bonchev–Trinajstić information content (AvgIpc) is 3.53. The first-order valence-electron chi connectivity index (χ1n) is 14.7. The third-order valence-electron chi connectivity index (χ3n) is 8.22. The Kier molecular flexibility index (Phi) is 7.75. The topological polar surface area (TPSA) is 79.1 Å². The molecule has 2 aliphatic heterocycles. The second-order valence-corrected chi connectivity index (χ2v) is 11.7. The molecule has 2 fully saturated rings. The summed E-state index contributed by atoms with van der Waals surface area (Å²) in [6.07, 6.45) is 0.889. The molecule has 2 saturated heterocycles. The van der Waals surface area contributed by atoms with E-state index >= 15 is 0 Å². The molecule has 2 aliphatic rings. The Balaban J connectivity index is 1.27. The molecule has 2 atom stereocenters. The first-order valence-corrected chi connectivity index (χ1v) is 14.7. The van der Waals surface area contributed by atoms with E-state index in [0.717, 1.165) is 16.9 Å². The molecule has 3 heterocycles. The molecule has 6 rings (SSSR count). The Morgan fingerprint density at radius 2 is 1.79 bits per heavy atom. The van der Waals surface area contributed by atoms with Gasteiger partial charge in [-0.2, -0.15) is 0 Å². The maximum Gasteiger partial charge on any atom is 0.332 e. The smallest absolute Gasteiger partial charge is 0.332 e. The number of urea groups is 1. The van der Waals surface area contributed by atoms with Crippen molar-refractivity contribution in [2.24, 2.45) is 0 Å². The molecule has 3 amide bonds. The SMILES string of the molecule is CC(C)Oc1cccc(CN2CCC3(C[C@@H]2C)C(=O)N(Cc2cc(-c4ccccc4)on2)C(=O)N3c2cccc(F)c2)c1. The van der Waals surface area contributed by atoms with Crippen LogP contribution in [-0.2, 0) is 17.9 Å². The standard InChI is InChI=1S/C34H35FN4O4/c1-23(2)42-30-14-7-9-25(17-30)21-37-16-15-34(20-24(37)3)32(40)38(33(41)39(34)29-13-8-12-27(35)18-29)22-28-19-31(43-36-28)26-10-5-4-6-11-26/h4-14,17-19,23-24H,15-16,20-22H2,1-3H3/t24-,34?/m0/s1. The van der Waals surface area contributed by atoms with E-state index in [4.69, 9.17) is 9.26 Å². The van der Waals surface area contributed by atoms with Crippen LogP contribution in [0.1, 0.15) is 44.9 Å². The molecule has 1 aromatic heterocycles. The van der Waals surface area contributed by atoms with Crippen molar-refractivity contribution in [3.05, 3.63) is 102 Å². The van der Waals surface area contributed by atoms with Gasteiger partial charge < -0.3 is 9.26 Å². The minimum absolute atomic E-state index is 0.0343. The summed E-state index contributed by atoms with van der Waals surface area (Å²) in [6.45, 7) is 7.29. The highest BCUT2D eigenvalue weighted by Gasteiger charge is 2.60. The number of imide groups is 1. The average molecular weight is 583 g/mol. The number of benzene rings is 3. The molecule has 3 aromatic carbocycles. The van der Waals surface area contributed by atoms with Crippen LogP contribution in [0.4, 0.5) is 14.9 Å². The molecule has 0 saturated carbocycles. The fourth-order valence-electron chi connectivity index (χ4n) is 6.26. The number of piperidine rings is 1. The summed E-state index contributed by atoms with van der Waals surface area (Å²) in [4.78, 5) is 33.3. The summed E-state index contributed by atoms with van der Waals surface area (Å²) < 4.78 is 25.8. The van der Waals surface area contributed by atoms with Crippen molar-refractivity contribution in [3.8, 4) is 17.1 Å². The van der Waals surface area contributed by atoms with E-state index in [1.54, 1.807) is 18.2 Å². The number of amides is 3. The van der Waals surface area contributed by atoms with Gasteiger partial charge in [0.05, 0.1) is 12.6 Å². The van der Waals surface area contributed by atoms with Crippen molar-refractivity contribution in [1.82, 2.24) is 15.0 Å². The zero-order valence-electron chi connectivity index (χ0n) is 24.6. The quantitative estimate of drug-likeness (QED) is 0.216. The van der Waals surface area contributed by atoms with E-state index in [0.29, 0.717) is 43.1 Å². The number of hydrogen-bond acceptors (Lipinski definition) is 6. The van der Waals surface area contributed by atoms with Crippen molar-refractivity contribution in [2.75, 3.05) is 11.4 Å². The van der Waals surface area contributed by atoms with Gasteiger partial charge in [-0.15, -0.1) is 0 Å². The van der Waals surface area contributed by atoms with E-state index in [1.807, 2.05) is 62.4 Å². The number of likely N-dealkylation sites (tertiary alicyclic amines) is 1. The first kappa shape index (κ1) is 28.6. The van der Waals surface area contributed by atoms with Gasteiger partial charge in [0.15, 0.2) is 5.76 Å². The fraction of sp³-hybridized carbons (Fsp3) is 0.324. The van der Waals surface area contributed by atoms with Gasteiger partial charge in [-0.25, -0.2) is 9.18 Å². The van der Waals surface area contributed by atoms with E-state index in [2.05, 4.69) is 23.0 Å². The minimum atomic E-state index is -1.14. The molecule has 1 unspecified atom stereocenters. The highest BCUT2D eigenvalue weighted by molar-refractivity contribution is 6.17. The normalized spacial score (nSPS) is 20.9. The molecular weight excluding hydrogens is 547 g/mol. The summed E-state index contributed by atoms with van der Waals surface area (Å²) in [5.41, 5.74) is 1.64. The van der Waals surface area contributed by atoms with Crippen LogP contribution in [0.5, 0.6) is 5.75 Å². The van der Waals surface area contributed by atoms with E-state index < -0.39 is 17.4 Å². The number of aromatic nitrogens is 1. The van der Waals surface area contributed by atoms with E-state index in [9.17, 15) is 14.0 Å². The summed E-state index contributed by atoms with van der Waals surface area (Å²) in [6, 6.07) is 24.7. The molecule has 0 radical (unpaired) electrons. The van der Waals surface area contributed by atoms with Crippen LogP contribution in [0, 0.1) is 5.82 Å². The lowest BCUT2D eigenvalue weighted by Crippen LogP contribution is -2.59. The Labute approximate surface area is 250 Å². The highest BCUT2D eigenvalue weighted by Crippen LogP contribution is 2.43. The molecule has 4 aromatic rings. The molecule has 8 nitrogen and oxygen atoms in total. The van der Waals surface area contributed by atoms with Crippen LogP contribution in [0.2, 0.25) is 0 Å². The lowest BCUT2D eigenvalue weighted by atomic mass is 9.81. The van der Waals surface area contributed by atoms with Gasteiger partial charge in [-0.1, -0.05) is 53.7 Å². The lowest BCUT2D eigenvalue weighted by molar-refractivity contribution is -0.133.